The summed E-state index contributed by atoms with van der Waals surface area (Å²) < 4.78 is 5.45. The minimum Gasteiger partial charge on any atom is -0.492 e. The molecule has 1 aromatic carbocycles. The first-order valence-electron chi connectivity index (χ1n) is 5.20. The second-order valence-corrected chi connectivity index (χ2v) is 4.00. The lowest BCUT2D eigenvalue weighted by Gasteiger charge is -2.10. The number of unbranched alkanes of at least 4 members (excludes halogenated alkanes) is 1. The Labute approximate surface area is 101 Å². The molecular weight excluding hydrogens is 224 g/mol. The summed E-state index contributed by atoms with van der Waals surface area (Å²) in [5, 5.41) is 8.93. The van der Waals surface area contributed by atoms with Gasteiger partial charge < -0.3 is 10.5 Å². The SMILES string of the molecule is CC(N)c1ccc(OCCCC#N)c(Cl)c1. The highest BCUT2D eigenvalue weighted by atomic mass is 35.5. The van der Waals surface area contributed by atoms with Crippen molar-refractivity contribution < 1.29 is 4.74 Å². The molecule has 1 aromatic rings. The van der Waals surface area contributed by atoms with Crippen molar-refractivity contribution in [3.05, 3.63) is 28.8 Å². The van der Waals surface area contributed by atoms with Crippen molar-refractivity contribution in [3.8, 4) is 11.8 Å². The van der Waals surface area contributed by atoms with Crippen LogP contribution in [0.1, 0.15) is 31.4 Å². The maximum atomic E-state index is 8.37. The maximum absolute atomic E-state index is 8.37. The van der Waals surface area contributed by atoms with E-state index in [-0.39, 0.29) is 6.04 Å². The summed E-state index contributed by atoms with van der Waals surface area (Å²) in [5.74, 6) is 0.643. The smallest absolute Gasteiger partial charge is 0.137 e. The number of hydrogen-bond donors (Lipinski definition) is 1. The molecule has 0 bridgehead atoms. The molecule has 86 valence electrons. The van der Waals surface area contributed by atoms with E-state index in [0.29, 0.717) is 30.2 Å². The molecule has 0 aliphatic heterocycles. The standard InChI is InChI=1S/C12H15ClN2O/c1-9(15)10-4-5-12(11(13)8-10)16-7-3-2-6-14/h4-5,8-9H,2-3,7,15H2,1H3. The van der Waals surface area contributed by atoms with E-state index in [1.807, 2.05) is 25.1 Å². The minimum absolute atomic E-state index is 0.0369. The molecule has 0 aromatic heterocycles. The molecule has 0 amide bonds. The number of rotatable bonds is 5. The Morgan fingerprint density at radius 1 is 1.56 bits per heavy atom. The average Bonchev–Trinajstić information content (AvgIpc) is 2.26. The molecule has 16 heavy (non-hydrogen) atoms. The molecule has 2 N–H and O–H groups in total. The summed E-state index contributed by atoms with van der Waals surface area (Å²) in [6, 6.07) is 7.55. The highest BCUT2D eigenvalue weighted by Crippen LogP contribution is 2.27. The van der Waals surface area contributed by atoms with Crippen LogP contribution in [0.15, 0.2) is 18.2 Å². The van der Waals surface area contributed by atoms with Crippen LogP contribution < -0.4 is 10.5 Å². The maximum Gasteiger partial charge on any atom is 0.137 e. The quantitative estimate of drug-likeness (QED) is 0.802. The molecule has 0 aliphatic carbocycles. The van der Waals surface area contributed by atoms with Gasteiger partial charge in [0.05, 0.1) is 17.7 Å². The fraction of sp³-hybridized carbons (Fsp3) is 0.417. The van der Waals surface area contributed by atoms with Gasteiger partial charge in [0.25, 0.3) is 0 Å². The number of ether oxygens (including phenoxy) is 1. The van der Waals surface area contributed by atoms with Crippen LogP contribution in [0, 0.1) is 11.3 Å². The normalized spacial score (nSPS) is 11.9. The third kappa shape index (κ3) is 3.73. The van der Waals surface area contributed by atoms with Gasteiger partial charge in [0, 0.05) is 12.5 Å². The van der Waals surface area contributed by atoms with Crippen molar-refractivity contribution in [2.75, 3.05) is 6.61 Å². The van der Waals surface area contributed by atoms with Crippen molar-refractivity contribution >= 4 is 11.6 Å². The summed E-state index contributed by atoms with van der Waals surface area (Å²) in [4.78, 5) is 0. The fourth-order valence-corrected chi connectivity index (χ4v) is 1.49. The second-order valence-electron chi connectivity index (χ2n) is 3.59. The minimum atomic E-state index is -0.0369. The van der Waals surface area contributed by atoms with Gasteiger partial charge in [0.2, 0.25) is 0 Å². The van der Waals surface area contributed by atoms with E-state index in [1.165, 1.54) is 0 Å². The Morgan fingerprint density at radius 2 is 2.31 bits per heavy atom. The van der Waals surface area contributed by atoms with Gasteiger partial charge in [0.15, 0.2) is 0 Å². The van der Waals surface area contributed by atoms with E-state index in [2.05, 4.69) is 6.07 Å². The zero-order chi connectivity index (χ0) is 12.0. The van der Waals surface area contributed by atoms with Crippen LogP contribution in [0.5, 0.6) is 5.75 Å². The predicted octanol–water partition coefficient (Wildman–Crippen LogP) is 3.04. The van der Waals surface area contributed by atoms with Crippen molar-refractivity contribution in [1.29, 1.82) is 5.26 Å². The first-order chi connectivity index (χ1) is 7.65. The average molecular weight is 239 g/mol. The van der Waals surface area contributed by atoms with Crippen molar-refractivity contribution in [1.82, 2.24) is 0 Å². The number of nitrogens with two attached hydrogens (primary N) is 1. The predicted molar refractivity (Wildman–Crippen MR) is 64.4 cm³/mol. The van der Waals surface area contributed by atoms with E-state index in [9.17, 15) is 0 Å². The van der Waals surface area contributed by atoms with Crippen LogP contribution in [-0.4, -0.2) is 6.61 Å². The largest absolute Gasteiger partial charge is 0.492 e. The Morgan fingerprint density at radius 3 is 2.88 bits per heavy atom. The van der Waals surface area contributed by atoms with Crippen LogP contribution in [0.4, 0.5) is 0 Å². The summed E-state index contributed by atoms with van der Waals surface area (Å²) in [6.07, 6.45) is 1.21. The first-order valence-corrected chi connectivity index (χ1v) is 5.57. The Balaban J connectivity index is 2.58. The van der Waals surface area contributed by atoms with Crippen LogP contribution in [-0.2, 0) is 0 Å². The molecule has 1 atom stereocenters. The van der Waals surface area contributed by atoms with Gasteiger partial charge >= 0.3 is 0 Å². The molecule has 1 rings (SSSR count). The Bertz CT molecular complexity index is 385. The van der Waals surface area contributed by atoms with Crippen molar-refractivity contribution in [2.45, 2.75) is 25.8 Å². The lowest BCUT2D eigenvalue weighted by atomic mass is 10.1. The summed E-state index contributed by atoms with van der Waals surface area (Å²) in [7, 11) is 0. The molecule has 0 heterocycles. The molecule has 4 heteroatoms. The van der Waals surface area contributed by atoms with E-state index in [1.54, 1.807) is 0 Å². The fourth-order valence-electron chi connectivity index (χ4n) is 1.25. The molecule has 0 radical (unpaired) electrons. The van der Waals surface area contributed by atoms with Crippen LogP contribution in [0.2, 0.25) is 5.02 Å². The summed E-state index contributed by atoms with van der Waals surface area (Å²) in [6.45, 7) is 2.41. The van der Waals surface area contributed by atoms with Crippen LogP contribution >= 0.6 is 11.6 Å². The van der Waals surface area contributed by atoms with Gasteiger partial charge in [-0.3, -0.25) is 0 Å². The number of nitriles is 1. The Hall–Kier alpha value is -1.24. The number of benzene rings is 1. The molecule has 3 nitrogen and oxygen atoms in total. The van der Waals surface area contributed by atoms with E-state index in [4.69, 9.17) is 27.3 Å². The van der Waals surface area contributed by atoms with E-state index < -0.39 is 0 Å². The van der Waals surface area contributed by atoms with Gasteiger partial charge in [-0.05, 0) is 31.0 Å². The number of nitrogens with zero attached hydrogens (tertiary/aromatic N) is 1. The highest BCUT2D eigenvalue weighted by molar-refractivity contribution is 6.32. The van der Waals surface area contributed by atoms with Gasteiger partial charge in [0.1, 0.15) is 5.75 Å². The van der Waals surface area contributed by atoms with Gasteiger partial charge in [-0.15, -0.1) is 0 Å². The summed E-state index contributed by atoms with van der Waals surface area (Å²) in [5.41, 5.74) is 6.72. The Kier molecular flexibility index (Phi) is 5.10. The third-order valence-corrected chi connectivity index (χ3v) is 2.47. The molecule has 0 saturated carbocycles. The number of hydrogen-bond acceptors (Lipinski definition) is 3. The zero-order valence-electron chi connectivity index (χ0n) is 9.24. The second kappa shape index (κ2) is 6.37. The molecule has 1 unspecified atom stereocenters. The molecule has 0 spiro atoms. The van der Waals surface area contributed by atoms with Gasteiger partial charge in [-0.25, -0.2) is 0 Å². The summed E-state index contributed by atoms with van der Waals surface area (Å²) >= 11 is 6.04. The van der Waals surface area contributed by atoms with Crippen molar-refractivity contribution in [2.24, 2.45) is 5.73 Å². The van der Waals surface area contributed by atoms with Gasteiger partial charge in [-0.1, -0.05) is 17.7 Å². The lowest BCUT2D eigenvalue weighted by molar-refractivity contribution is 0.313. The lowest BCUT2D eigenvalue weighted by Crippen LogP contribution is -2.05. The molecular formula is C12H15ClN2O. The van der Waals surface area contributed by atoms with E-state index in [0.717, 1.165) is 5.56 Å². The van der Waals surface area contributed by atoms with E-state index >= 15 is 0 Å². The third-order valence-electron chi connectivity index (χ3n) is 2.17. The van der Waals surface area contributed by atoms with Gasteiger partial charge in [-0.2, -0.15) is 5.26 Å². The monoisotopic (exact) mass is 238 g/mol. The molecule has 0 fully saturated rings. The topological polar surface area (TPSA) is 59.0 Å². The molecule has 0 aliphatic rings. The van der Waals surface area contributed by atoms with Crippen LogP contribution in [0.3, 0.4) is 0 Å². The zero-order valence-corrected chi connectivity index (χ0v) is 10.00. The first kappa shape index (κ1) is 12.8. The van der Waals surface area contributed by atoms with Crippen molar-refractivity contribution in [3.63, 3.8) is 0 Å². The highest BCUT2D eigenvalue weighted by Gasteiger charge is 2.05. The van der Waals surface area contributed by atoms with Crippen LogP contribution in [0.25, 0.3) is 0 Å². The molecule has 0 saturated heterocycles. The number of halogens is 1.